The Morgan fingerprint density at radius 2 is 1.26 bits per heavy atom. The molecule has 0 bridgehead atoms. The number of hydrogen-bond acceptors (Lipinski definition) is 4. The molecule has 0 atom stereocenters. The summed E-state index contributed by atoms with van der Waals surface area (Å²) in [5.74, 6) is 1.27. The van der Waals surface area contributed by atoms with Gasteiger partial charge < -0.3 is 16.2 Å². The third kappa shape index (κ3) is 6.09. The van der Waals surface area contributed by atoms with Crippen molar-refractivity contribution in [2.75, 3.05) is 11.5 Å². The van der Waals surface area contributed by atoms with Crippen molar-refractivity contribution in [1.29, 1.82) is 5.26 Å². The largest absolute Gasteiger partial charge is 0.455 e. The van der Waals surface area contributed by atoms with Crippen LogP contribution in [0.4, 0.5) is 11.4 Å². The SMILES string of the molecule is CC.CC.N#Cc1ccc(-c2ccc(Oc3ccc(N)cc3N)cc2)cc1. The normalized spacial score (nSPS) is 9.00. The highest BCUT2D eigenvalue weighted by Gasteiger charge is 2.04. The van der Waals surface area contributed by atoms with Crippen molar-refractivity contribution in [2.45, 2.75) is 27.7 Å². The van der Waals surface area contributed by atoms with Gasteiger partial charge in [0.2, 0.25) is 0 Å². The van der Waals surface area contributed by atoms with Crippen LogP contribution in [-0.2, 0) is 0 Å². The van der Waals surface area contributed by atoms with E-state index >= 15 is 0 Å². The zero-order valence-electron chi connectivity index (χ0n) is 16.4. The van der Waals surface area contributed by atoms with Crippen LogP contribution in [0.3, 0.4) is 0 Å². The average Bonchev–Trinajstić information content (AvgIpc) is 2.74. The van der Waals surface area contributed by atoms with Gasteiger partial charge in [0.25, 0.3) is 0 Å². The summed E-state index contributed by atoms with van der Waals surface area (Å²) < 4.78 is 5.77. The lowest BCUT2D eigenvalue weighted by Crippen LogP contribution is -1.94. The van der Waals surface area contributed by atoms with Crippen LogP contribution >= 0.6 is 0 Å². The Morgan fingerprint density at radius 3 is 1.74 bits per heavy atom. The molecule has 3 aromatic rings. The van der Waals surface area contributed by atoms with E-state index in [-0.39, 0.29) is 0 Å². The Hall–Kier alpha value is -3.45. The van der Waals surface area contributed by atoms with Gasteiger partial charge in [-0.1, -0.05) is 52.0 Å². The number of nitriles is 1. The first kappa shape index (κ1) is 21.6. The maximum atomic E-state index is 8.83. The fraction of sp³-hybridized carbons (Fsp3) is 0.174. The molecule has 0 radical (unpaired) electrons. The molecule has 0 aliphatic rings. The van der Waals surface area contributed by atoms with Crippen LogP contribution in [0.5, 0.6) is 11.5 Å². The highest BCUT2D eigenvalue weighted by molar-refractivity contribution is 5.66. The van der Waals surface area contributed by atoms with Gasteiger partial charge in [-0.2, -0.15) is 5.26 Å². The smallest absolute Gasteiger partial charge is 0.150 e. The second-order valence-electron chi connectivity index (χ2n) is 5.11. The van der Waals surface area contributed by atoms with Crippen molar-refractivity contribution in [3.8, 4) is 28.7 Å². The molecule has 3 aromatic carbocycles. The molecule has 3 rings (SSSR count). The lowest BCUT2D eigenvalue weighted by Gasteiger charge is -2.10. The van der Waals surface area contributed by atoms with E-state index < -0.39 is 0 Å². The standard InChI is InChI=1S/C19H15N3O.2C2H6/c20-12-13-1-3-14(4-2-13)15-5-8-17(9-6-15)23-19-10-7-16(21)11-18(19)22;2*1-2/h1-11H,21-22H2;2*1-2H3. The lowest BCUT2D eigenvalue weighted by atomic mass is 10.0. The van der Waals surface area contributed by atoms with Gasteiger partial charge in [0.15, 0.2) is 0 Å². The van der Waals surface area contributed by atoms with Crippen molar-refractivity contribution in [3.63, 3.8) is 0 Å². The third-order valence-electron chi connectivity index (χ3n) is 3.46. The Morgan fingerprint density at radius 1 is 0.741 bits per heavy atom. The first-order valence-electron chi connectivity index (χ1n) is 9.09. The maximum Gasteiger partial charge on any atom is 0.150 e. The number of hydrogen-bond donors (Lipinski definition) is 2. The van der Waals surface area contributed by atoms with Crippen LogP contribution in [0.2, 0.25) is 0 Å². The van der Waals surface area contributed by atoms with Crippen LogP contribution in [0.15, 0.2) is 66.7 Å². The first-order valence-corrected chi connectivity index (χ1v) is 9.09. The van der Waals surface area contributed by atoms with E-state index in [1.54, 1.807) is 30.3 Å². The van der Waals surface area contributed by atoms with E-state index in [4.69, 9.17) is 21.5 Å². The Bertz CT molecular complexity index is 864. The first-order chi connectivity index (χ1) is 13.2. The topological polar surface area (TPSA) is 85.1 Å². The van der Waals surface area contributed by atoms with Crippen molar-refractivity contribution < 1.29 is 4.74 Å². The summed E-state index contributed by atoms with van der Waals surface area (Å²) in [6.07, 6.45) is 0. The van der Waals surface area contributed by atoms with Gasteiger partial charge in [0, 0.05) is 5.69 Å². The van der Waals surface area contributed by atoms with Gasteiger partial charge >= 0.3 is 0 Å². The van der Waals surface area contributed by atoms with E-state index in [1.807, 2.05) is 64.1 Å². The highest BCUT2D eigenvalue weighted by Crippen LogP contribution is 2.30. The Balaban J connectivity index is 0.000000855. The molecule has 0 aliphatic carbocycles. The molecule has 0 amide bonds. The van der Waals surface area contributed by atoms with E-state index in [1.165, 1.54) is 0 Å². The minimum atomic E-state index is 0.501. The molecule has 0 aromatic heterocycles. The summed E-state index contributed by atoms with van der Waals surface area (Å²) in [4.78, 5) is 0. The molecular formula is C23H27N3O. The Labute approximate surface area is 162 Å². The summed E-state index contributed by atoms with van der Waals surface area (Å²) in [6, 6.07) is 22.4. The maximum absolute atomic E-state index is 8.83. The molecule has 0 saturated carbocycles. The average molecular weight is 361 g/mol. The highest BCUT2D eigenvalue weighted by atomic mass is 16.5. The number of anilines is 2. The lowest BCUT2D eigenvalue weighted by molar-refractivity contribution is 0.485. The Kier molecular flexibility index (Phi) is 8.97. The summed E-state index contributed by atoms with van der Waals surface area (Å²) in [6.45, 7) is 8.00. The number of nitrogen functional groups attached to an aromatic ring is 2. The van der Waals surface area contributed by atoms with Gasteiger partial charge in [0.05, 0.1) is 17.3 Å². The van der Waals surface area contributed by atoms with Crippen LogP contribution in [0.25, 0.3) is 11.1 Å². The van der Waals surface area contributed by atoms with Crippen LogP contribution in [0.1, 0.15) is 33.3 Å². The van der Waals surface area contributed by atoms with Crippen molar-refractivity contribution in [3.05, 3.63) is 72.3 Å². The van der Waals surface area contributed by atoms with Gasteiger partial charge in [-0.15, -0.1) is 0 Å². The number of nitrogens with two attached hydrogens (primary N) is 2. The van der Waals surface area contributed by atoms with Crippen molar-refractivity contribution in [1.82, 2.24) is 0 Å². The van der Waals surface area contributed by atoms with E-state index in [9.17, 15) is 0 Å². The number of benzene rings is 3. The molecule has 0 unspecified atom stereocenters. The molecule has 4 heteroatoms. The summed E-state index contributed by atoms with van der Waals surface area (Å²) >= 11 is 0. The van der Waals surface area contributed by atoms with E-state index in [2.05, 4.69) is 6.07 Å². The van der Waals surface area contributed by atoms with E-state index in [0.717, 1.165) is 11.1 Å². The zero-order chi connectivity index (χ0) is 20.2. The molecule has 4 N–H and O–H groups in total. The third-order valence-corrected chi connectivity index (χ3v) is 3.46. The fourth-order valence-electron chi connectivity index (χ4n) is 2.24. The molecule has 140 valence electrons. The number of ether oxygens (including phenoxy) is 1. The van der Waals surface area contributed by atoms with Crippen molar-refractivity contribution in [2.24, 2.45) is 0 Å². The van der Waals surface area contributed by atoms with Crippen molar-refractivity contribution >= 4 is 11.4 Å². The second-order valence-corrected chi connectivity index (χ2v) is 5.11. The van der Waals surface area contributed by atoms with Gasteiger partial charge in [-0.25, -0.2) is 0 Å². The van der Waals surface area contributed by atoms with Gasteiger partial charge in [-0.05, 0) is 53.6 Å². The van der Waals surface area contributed by atoms with Crippen LogP contribution in [0, 0.1) is 11.3 Å². The number of nitrogens with zero attached hydrogens (tertiary/aromatic N) is 1. The quantitative estimate of drug-likeness (QED) is 0.541. The molecule has 0 fully saturated rings. The molecule has 0 spiro atoms. The molecule has 0 saturated heterocycles. The predicted molar refractivity (Wildman–Crippen MR) is 115 cm³/mol. The fourth-order valence-corrected chi connectivity index (χ4v) is 2.24. The molecular weight excluding hydrogens is 334 g/mol. The minimum Gasteiger partial charge on any atom is -0.455 e. The molecule has 0 heterocycles. The minimum absolute atomic E-state index is 0.501. The van der Waals surface area contributed by atoms with Crippen LogP contribution in [-0.4, -0.2) is 0 Å². The monoisotopic (exact) mass is 361 g/mol. The summed E-state index contributed by atoms with van der Waals surface area (Å²) in [5.41, 5.74) is 15.4. The van der Waals surface area contributed by atoms with Gasteiger partial charge in [-0.3, -0.25) is 0 Å². The summed E-state index contributed by atoms with van der Waals surface area (Å²) in [5, 5.41) is 8.83. The van der Waals surface area contributed by atoms with E-state index in [0.29, 0.717) is 28.4 Å². The molecule has 4 nitrogen and oxygen atoms in total. The molecule has 0 aliphatic heterocycles. The molecule has 27 heavy (non-hydrogen) atoms. The number of rotatable bonds is 3. The van der Waals surface area contributed by atoms with Gasteiger partial charge in [0.1, 0.15) is 11.5 Å². The predicted octanol–water partition coefficient (Wildman–Crippen LogP) is 6.23. The zero-order valence-corrected chi connectivity index (χ0v) is 16.4. The second kappa shape index (κ2) is 11.2. The summed E-state index contributed by atoms with van der Waals surface area (Å²) in [7, 11) is 0. The van der Waals surface area contributed by atoms with Crippen LogP contribution < -0.4 is 16.2 Å².